The summed E-state index contributed by atoms with van der Waals surface area (Å²) in [4.78, 5) is 6.58. The number of hydrogen-bond acceptors (Lipinski definition) is 5. The van der Waals surface area contributed by atoms with Crippen LogP contribution in [0.4, 0.5) is 5.69 Å². The Labute approximate surface area is 191 Å². The van der Waals surface area contributed by atoms with Gasteiger partial charge in [0.1, 0.15) is 16.6 Å². The van der Waals surface area contributed by atoms with E-state index >= 15 is 0 Å². The Balaban J connectivity index is 1.56. The summed E-state index contributed by atoms with van der Waals surface area (Å²) >= 11 is 0. The molecule has 5 heteroatoms. The molecule has 0 spiro atoms. The van der Waals surface area contributed by atoms with Gasteiger partial charge in [0.05, 0.1) is 0 Å². The van der Waals surface area contributed by atoms with E-state index in [9.17, 15) is 5.21 Å². The molecule has 0 amide bonds. The molecule has 5 rings (SSSR count). The molecule has 2 heterocycles. The molecule has 0 saturated heterocycles. The molecule has 5 nitrogen and oxygen atoms in total. The summed E-state index contributed by atoms with van der Waals surface area (Å²) in [5.41, 5.74) is 4.09. The molecule has 0 unspecified atom stereocenters. The summed E-state index contributed by atoms with van der Waals surface area (Å²) in [6, 6.07) is 25.3. The van der Waals surface area contributed by atoms with Crippen LogP contribution in [0.25, 0.3) is 33.2 Å². The fourth-order valence-corrected chi connectivity index (χ4v) is 3.66. The molecule has 3 aromatic carbocycles. The van der Waals surface area contributed by atoms with Crippen molar-refractivity contribution in [3.8, 4) is 23.3 Å². The first-order chi connectivity index (χ1) is 16.1. The van der Waals surface area contributed by atoms with Gasteiger partial charge in [-0.1, -0.05) is 41.3 Å². The van der Waals surface area contributed by atoms with E-state index in [0.29, 0.717) is 27.8 Å². The maximum absolute atomic E-state index is 9.59. The zero-order chi connectivity index (χ0) is 22.8. The number of hydrogen-bond donors (Lipinski definition) is 1. The first-order valence-corrected chi connectivity index (χ1v) is 10.5. The Bertz CT molecular complexity index is 1600. The van der Waals surface area contributed by atoms with Crippen LogP contribution in [0.15, 0.2) is 94.6 Å². The summed E-state index contributed by atoms with van der Waals surface area (Å²) < 4.78 is 6.17. The predicted octanol–water partition coefficient (Wildman–Crippen LogP) is 5.40. The van der Waals surface area contributed by atoms with Crippen molar-refractivity contribution in [2.45, 2.75) is 0 Å². The Hall–Kier alpha value is -4.56. The van der Waals surface area contributed by atoms with Gasteiger partial charge in [-0.05, 0) is 53.9 Å². The van der Waals surface area contributed by atoms with Crippen molar-refractivity contribution in [1.29, 1.82) is 0 Å². The highest BCUT2D eigenvalue weighted by Gasteiger charge is 2.09. The van der Waals surface area contributed by atoms with E-state index in [1.54, 1.807) is 6.07 Å². The Morgan fingerprint density at radius 2 is 1.58 bits per heavy atom. The molecule has 0 atom stereocenters. The molecular weight excluding hydrogens is 410 g/mol. The van der Waals surface area contributed by atoms with Gasteiger partial charge in [0.15, 0.2) is 5.76 Å². The monoisotopic (exact) mass is 431 g/mol. The standard InChI is InChI=1S/C28H21N3O2/c1-31(2)23-12-9-19(10-13-23)7-8-20-11-14-24-25(30-32)17-28(33-27(24)15-20)26-16-21-5-3-4-6-22(21)18-29-26/h3-6,9-18,32H,1-2H3/b30-25-. The lowest BCUT2D eigenvalue weighted by atomic mass is 10.1. The van der Waals surface area contributed by atoms with Crippen molar-refractivity contribution in [1.82, 2.24) is 4.98 Å². The smallest absolute Gasteiger partial charge is 0.155 e. The van der Waals surface area contributed by atoms with E-state index in [4.69, 9.17) is 4.42 Å². The highest BCUT2D eigenvalue weighted by atomic mass is 16.4. The van der Waals surface area contributed by atoms with Crippen LogP contribution in [-0.2, 0) is 0 Å². The van der Waals surface area contributed by atoms with Crippen LogP contribution in [-0.4, -0.2) is 24.3 Å². The average molecular weight is 431 g/mol. The van der Waals surface area contributed by atoms with E-state index in [1.807, 2.05) is 98.0 Å². The van der Waals surface area contributed by atoms with Crippen molar-refractivity contribution in [2.24, 2.45) is 5.16 Å². The van der Waals surface area contributed by atoms with Crippen LogP contribution in [0.2, 0.25) is 0 Å². The maximum atomic E-state index is 9.59. The van der Waals surface area contributed by atoms with Crippen molar-refractivity contribution < 1.29 is 9.62 Å². The van der Waals surface area contributed by atoms with Crippen molar-refractivity contribution in [3.05, 3.63) is 102 Å². The minimum atomic E-state index is 0.417. The number of aromatic nitrogens is 1. The lowest BCUT2D eigenvalue weighted by Gasteiger charge is -2.11. The summed E-state index contributed by atoms with van der Waals surface area (Å²) in [6.07, 6.45) is 1.81. The summed E-state index contributed by atoms with van der Waals surface area (Å²) in [7, 11) is 4.02. The molecule has 0 radical (unpaired) electrons. The molecule has 0 fully saturated rings. The Morgan fingerprint density at radius 3 is 2.33 bits per heavy atom. The third-order valence-corrected chi connectivity index (χ3v) is 5.47. The predicted molar refractivity (Wildman–Crippen MR) is 131 cm³/mol. The molecule has 2 aromatic heterocycles. The maximum Gasteiger partial charge on any atom is 0.155 e. The van der Waals surface area contributed by atoms with Gasteiger partial charge in [-0.2, -0.15) is 0 Å². The molecule has 0 bridgehead atoms. The zero-order valence-corrected chi connectivity index (χ0v) is 18.3. The van der Waals surface area contributed by atoms with Crippen molar-refractivity contribution in [2.75, 3.05) is 19.0 Å². The third-order valence-electron chi connectivity index (χ3n) is 5.47. The first-order valence-electron chi connectivity index (χ1n) is 10.5. The van der Waals surface area contributed by atoms with E-state index in [2.05, 4.69) is 22.0 Å². The SMILES string of the molecule is CN(C)c1ccc(C#Cc2ccc3/c(=N\O)cc(-c4cc5ccccc5cn4)oc3c2)cc1. The first kappa shape index (κ1) is 20.3. The van der Waals surface area contributed by atoms with Gasteiger partial charge in [0.2, 0.25) is 0 Å². The molecule has 160 valence electrons. The van der Waals surface area contributed by atoms with Gasteiger partial charge in [0, 0.05) is 53.9 Å². The van der Waals surface area contributed by atoms with Gasteiger partial charge in [0.25, 0.3) is 0 Å². The molecule has 5 aromatic rings. The lowest BCUT2D eigenvalue weighted by molar-refractivity contribution is 0.302. The van der Waals surface area contributed by atoms with Gasteiger partial charge in [-0.3, -0.25) is 4.98 Å². The van der Waals surface area contributed by atoms with Crippen LogP contribution >= 0.6 is 0 Å². The fourth-order valence-electron chi connectivity index (χ4n) is 3.66. The quantitative estimate of drug-likeness (QED) is 0.231. The second-order valence-corrected chi connectivity index (χ2v) is 7.91. The van der Waals surface area contributed by atoms with Gasteiger partial charge >= 0.3 is 0 Å². The normalized spacial score (nSPS) is 11.4. The molecule has 0 saturated carbocycles. The molecular formula is C28H21N3O2. The number of fused-ring (bicyclic) bond motifs is 2. The van der Waals surface area contributed by atoms with Crippen LogP contribution in [0.5, 0.6) is 0 Å². The minimum Gasteiger partial charge on any atom is -0.454 e. The largest absolute Gasteiger partial charge is 0.454 e. The molecule has 33 heavy (non-hydrogen) atoms. The van der Waals surface area contributed by atoms with E-state index < -0.39 is 0 Å². The fraction of sp³-hybridized carbons (Fsp3) is 0.0714. The summed E-state index contributed by atoms with van der Waals surface area (Å²) in [6.45, 7) is 0. The van der Waals surface area contributed by atoms with Crippen LogP contribution < -0.4 is 10.3 Å². The van der Waals surface area contributed by atoms with E-state index in [-0.39, 0.29) is 0 Å². The Kier molecular flexibility index (Phi) is 5.26. The number of rotatable bonds is 2. The number of pyridine rings is 1. The number of benzene rings is 3. The summed E-state index contributed by atoms with van der Waals surface area (Å²) in [5, 5.41) is 16.3. The average Bonchev–Trinajstić information content (AvgIpc) is 2.86. The highest BCUT2D eigenvalue weighted by molar-refractivity contribution is 5.85. The topological polar surface area (TPSA) is 61.9 Å². The van der Waals surface area contributed by atoms with Gasteiger partial charge in [-0.25, -0.2) is 0 Å². The second-order valence-electron chi connectivity index (χ2n) is 7.91. The molecule has 1 N–H and O–H groups in total. The van der Waals surface area contributed by atoms with Crippen molar-refractivity contribution in [3.63, 3.8) is 0 Å². The van der Waals surface area contributed by atoms with E-state index in [1.165, 1.54) is 0 Å². The Morgan fingerprint density at radius 1 is 0.848 bits per heavy atom. The molecule has 0 aliphatic heterocycles. The summed E-state index contributed by atoms with van der Waals surface area (Å²) in [5.74, 6) is 6.90. The highest BCUT2D eigenvalue weighted by Crippen LogP contribution is 2.24. The minimum absolute atomic E-state index is 0.417. The van der Waals surface area contributed by atoms with Crippen LogP contribution in [0.3, 0.4) is 0 Å². The van der Waals surface area contributed by atoms with Gasteiger partial charge < -0.3 is 14.5 Å². The third kappa shape index (κ3) is 4.15. The van der Waals surface area contributed by atoms with Crippen LogP contribution in [0, 0.1) is 11.8 Å². The lowest BCUT2D eigenvalue weighted by Crippen LogP contribution is -2.07. The second kappa shape index (κ2) is 8.52. The van der Waals surface area contributed by atoms with E-state index in [0.717, 1.165) is 27.6 Å². The van der Waals surface area contributed by atoms with Gasteiger partial charge in [-0.15, -0.1) is 0 Å². The van der Waals surface area contributed by atoms with Crippen LogP contribution in [0.1, 0.15) is 11.1 Å². The molecule has 0 aliphatic rings. The number of anilines is 1. The number of nitrogens with zero attached hydrogens (tertiary/aromatic N) is 3. The molecule has 0 aliphatic carbocycles. The zero-order valence-electron chi connectivity index (χ0n) is 18.3. The van der Waals surface area contributed by atoms with Crippen molar-refractivity contribution >= 4 is 27.4 Å².